The maximum Gasteiger partial charge on any atom is 0.209 e. The molecule has 0 unspecified atom stereocenters. The summed E-state index contributed by atoms with van der Waals surface area (Å²) in [5, 5.41) is 21.1. The largest absolute Gasteiger partial charge is 0.396 e. The Balaban J connectivity index is 1.99. The second-order valence-corrected chi connectivity index (χ2v) is 4.59. The number of nitrogens with zero attached hydrogens (tertiary/aromatic N) is 4. The van der Waals surface area contributed by atoms with Gasteiger partial charge >= 0.3 is 0 Å². The van der Waals surface area contributed by atoms with Gasteiger partial charge in [0.2, 0.25) is 5.16 Å². The molecule has 2 aromatic rings. The average Bonchev–Trinajstić information content (AvgIpc) is 2.79. The van der Waals surface area contributed by atoms with E-state index in [1.165, 1.54) is 5.56 Å². The number of aliphatic hydroxyl groups is 1. The molecule has 1 aromatic carbocycles. The van der Waals surface area contributed by atoms with Gasteiger partial charge in [-0.05, 0) is 22.4 Å². The number of hydrogen-bond donors (Lipinski definition) is 1. The lowest BCUT2D eigenvalue weighted by Gasteiger charge is -2.03. The van der Waals surface area contributed by atoms with E-state index in [0.29, 0.717) is 6.54 Å². The lowest BCUT2D eigenvalue weighted by atomic mass is 10.2. The topological polar surface area (TPSA) is 63.8 Å². The summed E-state index contributed by atoms with van der Waals surface area (Å²) in [5.74, 6) is 0.825. The molecule has 17 heavy (non-hydrogen) atoms. The van der Waals surface area contributed by atoms with Crippen LogP contribution >= 0.6 is 11.8 Å². The van der Waals surface area contributed by atoms with Crippen LogP contribution in [0.25, 0.3) is 0 Å². The van der Waals surface area contributed by atoms with E-state index in [2.05, 4.69) is 15.5 Å². The first-order valence-electron chi connectivity index (χ1n) is 5.44. The van der Waals surface area contributed by atoms with Gasteiger partial charge in [0.05, 0.1) is 6.54 Å². The van der Waals surface area contributed by atoms with Crippen LogP contribution in [0.15, 0.2) is 35.5 Å². The smallest absolute Gasteiger partial charge is 0.209 e. The van der Waals surface area contributed by atoms with Crippen LogP contribution in [-0.2, 0) is 6.54 Å². The zero-order valence-corrected chi connectivity index (χ0v) is 10.2. The fourth-order valence-corrected chi connectivity index (χ4v) is 2.18. The second kappa shape index (κ2) is 6.36. The highest BCUT2D eigenvalue weighted by Gasteiger charge is 2.06. The van der Waals surface area contributed by atoms with Gasteiger partial charge < -0.3 is 5.11 Å². The molecule has 5 nitrogen and oxygen atoms in total. The third-order valence-electron chi connectivity index (χ3n) is 2.21. The highest BCUT2D eigenvalue weighted by Crippen LogP contribution is 2.15. The normalized spacial score (nSPS) is 10.6. The van der Waals surface area contributed by atoms with E-state index < -0.39 is 0 Å². The molecule has 0 spiro atoms. The Bertz CT molecular complexity index is 446. The van der Waals surface area contributed by atoms with Crippen molar-refractivity contribution in [2.75, 3.05) is 12.4 Å². The van der Waals surface area contributed by atoms with E-state index >= 15 is 0 Å². The van der Waals surface area contributed by atoms with Crippen LogP contribution in [-0.4, -0.2) is 37.7 Å². The minimum Gasteiger partial charge on any atom is -0.396 e. The van der Waals surface area contributed by atoms with Crippen LogP contribution in [0.5, 0.6) is 0 Å². The molecule has 0 bridgehead atoms. The van der Waals surface area contributed by atoms with E-state index in [0.717, 1.165) is 17.3 Å². The van der Waals surface area contributed by atoms with Gasteiger partial charge in [0.1, 0.15) is 0 Å². The molecule has 0 saturated heterocycles. The van der Waals surface area contributed by atoms with Crippen molar-refractivity contribution in [2.24, 2.45) is 0 Å². The van der Waals surface area contributed by atoms with Gasteiger partial charge in [0.15, 0.2) is 0 Å². The summed E-state index contributed by atoms with van der Waals surface area (Å²) in [6.07, 6.45) is 0.753. The van der Waals surface area contributed by atoms with Crippen molar-refractivity contribution in [3.05, 3.63) is 35.9 Å². The van der Waals surface area contributed by atoms with Crippen molar-refractivity contribution >= 4 is 11.8 Å². The van der Waals surface area contributed by atoms with Crippen LogP contribution < -0.4 is 0 Å². The van der Waals surface area contributed by atoms with Gasteiger partial charge in [0, 0.05) is 12.4 Å². The molecule has 0 saturated carbocycles. The van der Waals surface area contributed by atoms with E-state index in [1.54, 1.807) is 16.4 Å². The molecule has 0 amide bonds. The van der Waals surface area contributed by atoms with Gasteiger partial charge in [-0.15, -0.1) is 5.10 Å². The molecule has 0 atom stereocenters. The van der Waals surface area contributed by atoms with Crippen molar-refractivity contribution in [1.82, 2.24) is 20.2 Å². The van der Waals surface area contributed by atoms with Crippen molar-refractivity contribution in [2.45, 2.75) is 18.1 Å². The molecule has 1 N–H and O–H groups in total. The van der Waals surface area contributed by atoms with Crippen LogP contribution in [0.1, 0.15) is 12.0 Å². The summed E-state index contributed by atoms with van der Waals surface area (Å²) >= 11 is 1.56. The molecule has 0 radical (unpaired) electrons. The van der Waals surface area contributed by atoms with Crippen molar-refractivity contribution in [1.29, 1.82) is 0 Å². The van der Waals surface area contributed by atoms with E-state index in [-0.39, 0.29) is 6.61 Å². The van der Waals surface area contributed by atoms with E-state index in [9.17, 15) is 0 Å². The molecule has 6 heteroatoms. The van der Waals surface area contributed by atoms with Crippen molar-refractivity contribution < 1.29 is 5.11 Å². The molecule has 0 aliphatic carbocycles. The highest BCUT2D eigenvalue weighted by molar-refractivity contribution is 7.99. The van der Waals surface area contributed by atoms with Gasteiger partial charge in [0.25, 0.3) is 0 Å². The van der Waals surface area contributed by atoms with Crippen LogP contribution in [0.3, 0.4) is 0 Å². The summed E-state index contributed by atoms with van der Waals surface area (Å²) in [7, 11) is 0. The third-order valence-corrected chi connectivity index (χ3v) is 3.25. The van der Waals surface area contributed by atoms with Gasteiger partial charge in [-0.2, -0.15) is 0 Å². The lowest BCUT2D eigenvalue weighted by molar-refractivity contribution is 0.296. The number of tetrazole rings is 1. The number of rotatable bonds is 6. The number of aromatic nitrogens is 4. The van der Waals surface area contributed by atoms with Crippen LogP contribution in [0.4, 0.5) is 0 Å². The molecule has 0 aliphatic rings. The lowest BCUT2D eigenvalue weighted by Crippen LogP contribution is -2.04. The monoisotopic (exact) mass is 250 g/mol. The second-order valence-electron chi connectivity index (χ2n) is 3.53. The van der Waals surface area contributed by atoms with Crippen molar-refractivity contribution in [3.8, 4) is 0 Å². The quantitative estimate of drug-likeness (QED) is 0.616. The first-order chi connectivity index (χ1) is 8.40. The van der Waals surface area contributed by atoms with E-state index in [1.807, 2.05) is 30.3 Å². The zero-order chi connectivity index (χ0) is 11.9. The Kier molecular flexibility index (Phi) is 4.52. The third kappa shape index (κ3) is 3.54. The van der Waals surface area contributed by atoms with Gasteiger partial charge in [-0.1, -0.05) is 42.1 Å². The fourth-order valence-electron chi connectivity index (χ4n) is 1.38. The van der Waals surface area contributed by atoms with Gasteiger partial charge in [-0.25, -0.2) is 4.68 Å². The average molecular weight is 250 g/mol. The molecular formula is C11H14N4OS. The molecular weight excluding hydrogens is 236 g/mol. The molecule has 1 aromatic heterocycles. The molecule has 1 heterocycles. The van der Waals surface area contributed by atoms with Gasteiger partial charge in [-0.3, -0.25) is 0 Å². The molecule has 0 aliphatic heterocycles. The molecule has 90 valence electrons. The minimum atomic E-state index is 0.202. The standard InChI is InChI=1S/C11H14N4OS/c16-7-4-8-17-11-12-13-14-15(11)9-10-5-2-1-3-6-10/h1-3,5-6,16H,4,7-9H2. The summed E-state index contributed by atoms with van der Waals surface area (Å²) in [5.41, 5.74) is 1.17. The Morgan fingerprint density at radius 1 is 1.24 bits per heavy atom. The summed E-state index contributed by atoms with van der Waals surface area (Å²) in [6.45, 7) is 0.878. The molecule has 2 rings (SSSR count). The zero-order valence-electron chi connectivity index (χ0n) is 9.36. The highest BCUT2D eigenvalue weighted by atomic mass is 32.2. The Hall–Kier alpha value is -1.40. The summed E-state index contributed by atoms with van der Waals surface area (Å²) in [4.78, 5) is 0. The van der Waals surface area contributed by atoms with E-state index in [4.69, 9.17) is 5.11 Å². The molecule has 0 fully saturated rings. The number of hydrogen-bond acceptors (Lipinski definition) is 5. The number of aliphatic hydroxyl groups excluding tert-OH is 1. The Morgan fingerprint density at radius 3 is 2.82 bits per heavy atom. The number of benzene rings is 1. The number of thioether (sulfide) groups is 1. The van der Waals surface area contributed by atoms with Crippen LogP contribution in [0, 0.1) is 0 Å². The Labute approximate surface area is 104 Å². The summed E-state index contributed by atoms with van der Waals surface area (Å²) < 4.78 is 1.78. The minimum absolute atomic E-state index is 0.202. The fraction of sp³-hybridized carbons (Fsp3) is 0.364. The summed E-state index contributed by atoms with van der Waals surface area (Å²) in [6, 6.07) is 10.1. The maximum absolute atomic E-state index is 8.73. The van der Waals surface area contributed by atoms with Crippen molar-refractivity contribution in [3.63, 3.8) is 0 Å². The Morgan fingerprint density at radius 2 is 2.06 bits per heavy atom. The first-order valence-corrected chi connectivity index (χ1v) is 6.42. The first kappa shape index (κ1) is 12.1. The predicted octanol–water partition coefficient (Wildman–Crippen LogP) is 1.20. The maximum atomic E-state index is 8.73. The predicted molar refractivity (Wildman–Crippen MR) is 65.8 cm³/mol. The SMILES string of the molecule is OCCCSc1nnnn1Cc1ccccc1. The van der Waals surface area contributed by atoms with Crippen LogP contribution in [0.2, 0.25) is 0 Å².